The number of rotatable bonds is 6. The average molecular weight is 527 g/mol. The Bertz CT molecular complexity index is 1300. The van der Waals surface area contributed by atoms with Gasteiger partial charge in [-0.25, -0.2) is 4.79 Å². The number of carboxylic acids is 1. The van der Waals surface area contributed by atoms with Gasteiger partial charge in [0.25, 0.3) is 11.1 Å². The van der Waals surface area contributed by atoms with E-state index in [-0.39, 0.29) is 10.5 Å². The Hall–Kier alpha value is -3.63. The molecule has 2 aromatic carbocycles. The van der Waals surface area contributed by atoms with Gasteiger partial charge in [0, 0.05) is 21.8 Å². The first-order chi connectivity index (χ1) is 15.8. The maximum atomic E-state index is 12.7. The zero-order valence-electron chi connectivity index (χ0n) is 16.8. The van der Waals surface area contributed by atoms with Crippen molar-refractivity contribution in [1.29, 1.82) is 0 Å². The van der Waals surface area contributed by atoms with Crippen LogP contribution in [0.2, 0.25) is 0 Å². The Morgan fingerprint density at radius 1 is 1.09 bits per heavy atom. The van der Waals surface area contributed by atoms with Gasteiger partial charge in [-0.3, -0.25) is 19.3 Å². The van der Waals surface area contributed by atoms with Gasteiger partial charge in [0.2, 0.25) is 5.91 Å². The minimum atomic E-state index is -1.05. The molecule has 0 atom stereocenters. The second-order valence-electron chi connectivity index (χ2n) is 6.91. The number of anilines is 1. The van der Waals surface area contributed by atoms with Crippen LogP contribution in [0.25, 0.3) is 17.4 Å². The normalized spacial score (nSPS) is 14.7. The predicted molar refractivity (Wildman–Crippen MR) is 127 cm³/mol. The molecule has 1 fully saturated rings. The third-order valence-corrected chi connectivity index (χ3v) is 6.03. The number of hydrogen-bond donors (Lipinski definition) is 2. The molecule has 0 radical (unpaired) electrons. The number of furan rings is 1. The van der Waals surface area contributed by atoms with Crippen LogP contribution >= 0.6 is 27.7 Å². The number of hydrogen-bond acceptors (Lipinski definition) is 6. The number of nitrogens with zero attached hydrogens (tertiary/aromatic N) is 1. The first-order valence-electron chi connectivity index (χ1n) is 9.54. The van der Waals surface area contributed by atoms with Crippen LogP contribution in [0.5, 0.6) is 0 Å². The van der Waals surface area contributed by atoms with Crippen LogP contribution in [0.1, 0.15) is 16.1 Å². The standard InChI is InChI=1S/C23H15BrN2O6S/c24-15-4-6-16(7-5-15)25-20(27)12-26-21(28)19(33-23(26)31)11-17-8-9-18(32-17)13-2-1-3-14(10-13)22(29)30/h1-11H,12H2,(H,25,27)(H,29,30). The summed E-state index contributed by atoms with van der Waals surface area (Å²) in [6.45, 7) is -0.413. The van der Waals surface area contributed by atoms with Gasteiger partial charge in [-0.1, -0.05) is 28.1 Å². The molecule has 1 aliphatic rings. The highest BCUT2D eigenvalue weighted by atomic mass is 79.9. The van der Waals surface area contributed by atoms with Gasteiger partial charge in [-0.05, 0) is 60.3 Å². The number of nitrogens with one attached hydrogen (secondary N) is 1. The molecule has 0 bridgehead atoms. The van der Waals surface area contributed by atoms with Crippen molar-refractivity contribution in [2.24, 2.45) is 0 Å². The molecule has 2 N–H and O–H groups in total. The number of thioether (sulfide) groups is 1. The molecule has 4 rings (SSSR count). The zero-order valence-corrected chi connectivity index (χ0v) is 19.2. The average Bonchev–Trinajstić information content (AvgIpc) is 3.36. The summed E-state index contributed by atoms with van der Waals surface area (Å²) in [6.07, 6.45) is 1.42. The number of benzene rings is 2. The Kier molecular flexibility index (Phi) is 6.47. The van der Waals surface area contributed by atoms with Crippen LogP contribution in [-0.2, 0) is 9.59 Å². The fourth-order valence-corrected chi connectivity index (χ4v) is 4.12. The maximum Gasteiger partial charge on any atom is 0.335 e. The zero-order chi connectivity index (χ0) is 23.5. The molecule has 0 aliphatic carbocycles. The molecule has 166 valence electrons. The van der Waals surface area contributed by atoms with Gasteiger partial charge < -0.3 is 14.8 Å². The number of carbonyl (C=O) groups is 4. The second-order valence-corrected chi connectivity index (χ2v) is 8.82. The van der Waals surface area contributed by atoms with Crippen LogP contribution < -0.4 is 5.32 Å². The van der Waals surface area contributed by atoms with Crippen molar-refractivity contribution < 1.29 is 28.7 Å². The van der Waals surface area contributed by atoms with Gasteiger partial charge in [0.1, 0.15) is 18.1 Å². The van der Waals surface area contributed by atoms with Gasteiger partial charge in [-0.2, -0.15) is 0 Å². The highest BCUT2D eigenvalue weighted by Gasteiger charge is 2.36. The Balaban J connectivity index is 1.45. The van der Waals surface area contributed by atoms with E-state index in [0.717, 1.165) is 9.37 Å². The molecule has 0 unspecified atom stereocenters. The minimum absolute atomic E-state index is 0.119. The van der Waals surface area contributed by atoms with Crippen LogP contribution in [0.3, 0.4) is 0 Å². The quantitative estimate of drug-likeness (QED) is 0.430. The maximum absolute atomic E-state index is 12.7. The van der Waals surface area contributed by atoms with E-state index in [1.807, 2.05) is 0 Å². The lowest BCUT2D eigenvalue weighted by Gasteiger charge is -2.12. The highest BCUT2D eigenvalue weighted by Crippen LogP contribution is 2.33. The fraction of sp³-hybridized carbons (Fsp3) is 0.0435. The van der Waals surface area contributed by atoms with Gasteiger partial charge in [-0.15, -0.1) is 0 Å². The van der Waals surface area contributed by atoms with Gasteiger partial charge >= 0.3 is 5.97 Å². The lowest BCUT2D eigenvalue weighted by Crippen LogP contribution is -2.36. The molecule has 0 spiro atoms. The molecule has 1 saturated heterocycles. The molecule has 10 heteroatoms. The third-order valence-electron chi connectivity index (χ3n) is 4.60. The van der Waals surface area contributed by atoms with Crippen LogP contribution in [-0.4, -0.2) is 39.6 Å². The molecule has 3 amide bonds. The number of carboxylic acid groups (broad SMARTS) is 1. The number of halogens is 1. The minimum Gasteiger partial charge on any atom is -0.478 e. The van der Waals surface area contributed by atoms with E-state index in [9.17, 15) is 19.2 Å². The van der Waals surface area contributed by atoms with Crippen LogP contribution in [0.15, 0.2) is 74.5 Å². The van der Waals surface area contributed by atoms with Crippen molar-refractivity contribution in [3.05, 3.63) is 81.4 Å². The number of carbonyl (C=O) groups excluding carboxylic acids is 3. The summed E-state index contributed by atoms with van der Waals surface area (Å²) in [5, 5.41) is 11.2. The fourth-order valence-electron chi connectivity index (χ4n) is 3.03. The molecule has 8 nitrogen and oxygen atoms in total. The summed E-state index contributed by atoms with van der Waals surface area (Å²) in [5.74, 6) is -1.42. The van der Waals surface area contributed by atoms with Gasteiger partial charge in [0.15, 0.2) is 0 Å². The SMILES string of the molecule is O=C(CN1C(=O)SC(=Cc2ccc(-c3cccc(C(=O)O)c3)o2)C1=O)Nc1ccc(Br)cc1. The van der Waals surface area contributed by atoms with E-state index < -0.39 is 29.6 Å². The Morgan fingerprint density at radius 3 is 2.58 bits per heavy atom. The number of aromatic carboxylic acids is 1. The van der Waals surface area contributed by atoms with Crippen molar-refractivity contribution in [1.82, 2.24) is 4.90 Å². The summed E-state index contributed by atoms with van der Waals surface area (Å²) in [6, 6.07) is 16.4. The predicted octanol–water partition coefficient (Wildman–Crippen LogP) is 5.08. The lowest BCUT2D eigenvalue weighted by molar-refractivity contribution is -0.127. The van der Waals surface area contributed by atoms with E-state index in [1.165, 1.54) is 18.2 Å². The monoisotopic (exact) mass is 526 g/mol. The first-order valence-corrected chi connectivity index (χ1v) is 11.2. The van der Waals surface area contributed by atoms with Crippen molar-refractivity contribution in [3.63, 3.8) is 0 Å². The molecule has 0 saturated carbocycles. The topological polar surface area (TPSA) is 117 Å². The number of amides is 3. The molecule has 33 heavy (non-hydrogen) atoms. The van der Waals surface area contributed by atoms with E-state index in [1.54, 1.807) is 48.5 Å². The summed E-state index contributed by atoms with van der Waals surface area (Å²) >= 11 is 4.02. The molecule has 2 heterocycles. The highest BCUT2D eigenvalue weighted by molar-refractivity contribution is 9.10. The van der Waals surface area contributed by atoms with E-state index >= 15 is 0 Å². The van der Waals surface area contributed by atoms with Crippen LogP contribution in [0, 0.1) is 0 Å². The summed E-state index contributed by atoms with van der Waals surface area (Å²) in [7, 11) is 0. The Morgan fingerprint density at radius 2 is 1.85 bits per heavy atom. The smallest absolute Gasteiger partial charge is 0.335 e. The largest absolute Gasteiger partial charge is 0.478 e. The van der Waals surface area contributed by atoms with Crippen molar-refractivity contribution in [2.75, 3.05) is 11.9 Å². The van der Waals surface area contributed by atoms with E-state index in [4.69, 9.17) is 9.52 Å². The second kappa shape index (κ2) is 9.47. The van der Waals surface area contributed by atoms with Crippen molar-refractivity contribution >= 4 is 62.5 Å². The molecule has 1 aromatic heterocycles. The first kappa shape index (κ1) is 22.6. The lowest BCUT2D eigenvalue weighted by atomic mass is 10.1. The van der Waals surface area contributed by atoms with Crippen molar-refractivity contribution in [3.8, 4) is 11.3 Å². The summed E-state index contributed by atoms with van der Waals surface area (Å²) < 4.78 is 6.56. The molecule has 3 aromatic rings. The molecule has 1 aliphatic heterocycles. The van der Waals surface area contributed by atoms with E-state index in [0.29, 0.717) is 34.5 Å². The van der Waals surface area contributed by atoms with Crippen LogP contribution in [0.4, 0.5) is 10.5 Å². The molecular formula is C23H15BrN2O6S. The van der Waals surface area contributed by atoms with Crippen molar-refractivity contribution in [2.45, 2.75) is 0 Å². The number of imide groups is 1. The van der Waals surface area contributed by atoms with E-state index in [2.05, 4.69) is 21.2 Å². The summed E-state index contributed by atoms with van der Waals surface area (Å²) in [5.41, 5.74) is 1.22. The third kappa shape index (κ3) is 5.24. The Labute approximate surface area is 200 Å². The summed E-state index contributed by atoms with van der Waals surface area (Å²) in [4.78, 5) is 49.4. The van der Waals surface area contributed by atoms with Gasteiger partial charge in [0.05, 0.1) is 10.5 Å². The molecular weight excluding hydrogens is 512 g/mol.